The van der Waals surface area contributed by atoms with E-state index in [1.54, 1.807) is 55.5 Å². The first-order chi connectivity index (χ1) is 9.99. The van der Waals surface area contributed by atoms with Gasteiger partial charge >= 0.3 is 0 Å². The van der Waals surface area contributed by atoms with Crippen molar-refractivity contribution in [3.8, 4) is 0 Å². The summed E-state index contributed by atoms with van der Waals surface area (Å²) in [6.45, 7) is 1.60. The molecule has 0 aliphatic heterocycles. The lowest BCUT2D eigenvalue weighted by Crippen LogP contribution is -2.29. The molecule has 1 amide bonds. The first kappa shape index (κ1) is 15.5. The van der Waals surface area contributed by atoms with Crippen LogP contribution in [0, 0.1) is 0 Å². The summed E-state index contributed by atoms with van der Waals surface area (Å²) in [5.41, 5.74) is 6.74. The molecule has 21 heavy (non-hydrogen) atoms. The topological polar surface area (TPSA) is 72.2 Å². The van der Waals surface area contributed by atoms with Gasteiger partial charge in [0.15, 0.2) is 0 Å². The number of benzene rings is 2. The van der Waals surface area contributed by atoms with Crippen molar-refractivity contribution in [2.45, 2.75) is 17.1 Å². The normalized spacial score (nSPS) is 13.4. The third kappa shape index (κ3) is 3.83. The van der Waals surface area contributed by atoms with Crippen LogP contribution in [0.1, 0.15) is 6.92 Å². The van der Waals surface area contributed by atoms with Crippen molar-refractivity contribution in [2.75, 3.05) is 11.1 Å². The van der Waals surface area contributed by atoms with Gasteiger partial charge in [0.05, 0.1) is 22.2 Å². The first-order valence-corrected chi connectivity index (χ1v) is 7.89. The Labute approximate surface area is 130 Å². The third-order valence-electron chi connectivity index (χ3n) is 2.94. The molecule has 0 saturated heterocycles. The Balaban J connectivity index is 2.12. The molecule has 2 unspecified atom stereocenters. The Morgan fingerprint density at radius 2 is 1.95 bits per heavy atom. The Morgan fingerprint density at radius 1 is 1.24 bits per heavy atom. The van der Waals surface area contributed by atoms with Gasteiger partial charge in [-0.2, -0.15) is 0 Å². The SMILES string of the molecule is CC(C(=O)Nc1ccccc1N)S(=O)c1cccc(Cl)c1. The predicted molar refractivity (Wildman–Crippen MR) is 86.8 cm³/mol. The molecule has 0 aliphatic carbocycles. The molecule has 0 fully saturated rings. The Morgan fingerprint density at radius 3 is 2.62 bits per heavy atom. The minimum absolute atomic E-state index is 0.355. The van der Waals surface area contributed by atoms with Gasteiger partial charge in [-0.3, -0.25) is 9.00 Å². The molecule has 0 radical (unpaired) electrons. The van der Waals surface area contributed by atoms with E-state index < -0.39 is 16.0 Å². The molecule has 0 aromatic heterocycles. The van der Waals surface area contributed by atoms with Crippen molar-refractivity contribution in [1.29, 1.82) is 0 Å². The second kappa shape index (κ2) is 6.74. The standard InChI is InChI=1S/C15H15ClN2O2S/c1-10(21(20)12-6-4-5-11(16)9-12)15(19)18-14-8-3-2-7-13(14)17/h2-10H,17H2,1H3,(H,18,19). The highest BCUT2D eigenvalue weighted by atomic mass is 35.5. The lowest BCUT2D eigenvalue weighted by Gasteiger charge is -2.13. The van der Waals surface area contributed by atoms with Crippen molar-refractivity contribution in [2.24, 2.45) is 0 Å². The van der Waals surface area contributed by atoms with Crippen molar-refractivity contribution in [3.63, 3.8) is 0 Å². The van der Waals surface area contributed by atoms with Crippen LogP contribution in [0.4, 0.5) is 11.4 Å². The number of halogens is 1. The van der Waals surface area contributed by atoms with E-state index in [1.165, 1.54) is 0 Å². The van der Waals surface area contributed by atoms with Crippen LogP contribution in [0.5, 0.6) is 0 Å². The Bertz CT molecular complexity index is 691. The molecular formula is C15H15ClN2O2S. The van der Waals surface area contributed by atoms with Gasteiger partial charge < -0.3 is 11.1 Å². The molecule has 110 valence electrons. The number of carbonyl (C=O) groups excluding carboxylic acids is 1. The number of carbonyl (C=O) groups is 1. The highest BCUT2D eigenvalue weighted by Gasteiger charge is 2.22. The van der Waals surface area contributed by atoms with E-state index >= 15 is 0 Å². The van der Waals surface area contributed by atoms with Gasteiger partial charge in [-0.25, -0.2) is 0 Å². The quantitative estimate of drug-likeness (QED) is 0.850. The van der Waals surface area contributed by atoms with Crippen LogP contribution >= 0.6 is 11.6 Å². The first-order valence-electron chi connectivity index (χ1n) is 6.30. The van der Waals surface area contributed by atoms with E-state index in [4.69, 9.17) is 17.3 Å². The maximum absolute atomic E-state index is 12.4. The van der Waals surface area contributed by atoms with Crippen LogP contribution in [0.15, 0.2) is 53.4 Å². The molecule has 2 atom stereocenters. The molecule has 0 aliphatic rings. The van der Waals surface area contributed by atoms with Crippen molar-refractivity contribution in [3.05, 3.63) is 53.6 Å². The van der Waals surface area contributed by atoms with E-state index in [-0.39, 0.29) is 5.91 Å². The van der Waals surface area contributed by atoms with Crippen LogP contribution in [0.25, 0.3) is 0 Å². The number of hydrogen-bond donors (Lipinski definition) is 2. The van der Waals surface area contributed by atoms with Crippen molar-refractivity contribution in [1.82, 2.24) is 0 Å². The van der Waals surface area contributed by atoms with Gasteiger partial charge in [0.25, 0.3) is 0 Å². The number of hydrogen-bond acceptors (Lipinski definition) is 3. The minimum atomic E-state index is -1.49. The van der Waals surface area contributed by atoms with Gasteiger partial charge in [0, 0.05) is 9.92 Å². The summed E-state index contributed by atoms with van der Waals surface area (Å²) in [6.07, 6.45) is 0. The van der Waals surface area contributed by atoms with E-state index in [0.717, 1.165) is 0 Å². The smallest absolute Gasteiger partial charge is 0.240 e. The van der Waals surface area contributed by atoms with Crippen LogP contribution in [-0.4, -0.2) is 15.4 Å². The number of amides is 1. The predicted octanol–water partition coefficient (Wildman–Crippen LogP) is 3.06. The van der Waals surface area contributed by atoms with Crippen molar-refractivity contribution >= 4 is 39.7 Å². The van der Waals surface area contributed by atoms with Gasteiger partial charge in [0.2, 0.25) is 5.91 Å². The van der Waals surface area contributed by atoms with Crippen molar-refractivity contribution < 1.29 is 9.00 Å². The summed E-state index contributed by atoms with van der Waals surface area (Å²) >= 11 is 5.87. The average molecular weight is 323 g/mol. The number of nitrogens with two attached hydrogens (primary N) is 1. The van der Waals surface area contributed by atoms with E-state index in [0.29, 0.717) is 21.3 Å². The maximum Gasteiger partial charge on any atom is 0.240 e. The summed E-state index contributed by atoms with van der Waals surface area (Å²) < 4.78 is 12.4. The summed E-state index contributed by atoms with van der Waals surface area (Å²) in [4.78, 5) is 12.7. The molecule has 2 aromatic carbocycles. The molecule has 3 N–H and O–H groups in total. The fraction of sp³-hybridized carbons (Fsp3) is 0.133. The second-order valence-corrected chi connectivity index (χ2v) is 6.68. The second-order valence-electron chi connectivity index (χ2n) is 4.47. The Hall–Kier alpha value is -1.85. The zero-order valence-electron chi connectivity index (χ0n) is 11.4. The number of anilines is 2. The lowest BCUT2D eigenvalue weighted by atomic mass is 10.2. The zero-order chi connectivity index (χ0) is 15.4. The average Bonchev–Trinajstić information content (AvgIpc) is 2.48. The molecular weight excluding hydrogens is 308 g/mol. The molecule has 4 nitrogen and oxygen atoms in total. The monoisotopic (exact) mass is 322 g/mol. The van der Waals surface area contributed by atoms with E-state index in [1.807, 2.05) is 0 Å². The summed E-state index contributed by atoms with van der Waals surface area (Å²) in [5.74, 6) is -0.355. The lowest BCUT2D eigenvalue weighted by molar-refractivity contribution is -0.115. The number of rotatable bonds is 4. The fourth-order valence-corrected chi connectivity index (χ4v) is 3.11. The maximum atomic E-state index is 12.4. The van der Waals surface area contributed by atoms with Gasteiger partial charge in [-0.15, -0.1) is 0 Å². The van der Waals surface area contributed by atoms with Crippen LogP contribution in [0.2, 0.25) is 5.02 Å². The number of nitrogens with one attached hydrogen (secondary N) is 1. The molecule has 2 aromatic rings. The number of para-hydroxylation sites is 2. The largest absolute Gasteiger partial charge is 0.397 e. The summed E-state index contributed by atoms with van der Waals surface area (Å²) in [6, 6.07) is 13.6. The highest BCUT2D eigenvalue weighted by Crippen LogP contribution is 2.20. The molecule has 0 spiro atoms. The fourth-order valence-electron chi connectivity index (χ4n) is 1.74. The van der Waals surface area contributed by atoms with Crippen LogP contribution < -0.4 is 11.1 Å². The third-order valence-corrected chi connectivity index (χ3v) is 4.75. The van der Waals surface area contributed by atoms with E-state index in [2.05, 4.69) is 5.32 Å². The molecule has 0 saturated carbocycles. The van der Waals surface area contributed by atoms with Gasteiger partial charge in [0.1, 0.15) is 5.25 Å². The molecule has 2 rings (SSSR count). The Kier molecular flexibility index (Phi) is 4.98. The molecule has 6 heteroatoms. The van der Waals surface area contributed by atoms with Gasteiger partial charge in [-0.05, 0) is 37.3 Å². The minimum Gasteiger partial charge on any atom is -0.397 e. The molecule has 0 heterocycles. The zero-order valence-corrected chi connectivity index (χ0v) is 12.9. The van der Waals surface area contributed by atoms with Gasteiger partial charge in [-0.1, -0.05) is 29.8 Å². The van der Waals surface area contributed by atoms with Crippen LogP contribution in [-0.2, 0) is 15.6 Å². The van der Waals surface area contributed by atoms with Crippen LogP contribution in [0.3, 0.4) is 0 Å². The highest BCUT2D eigenvalue weighted by molar-refractivity contribution is 7.86. The summed E-state index contributed by atoms with van der Waals surface area (Å²) in [7, 11) is -1.49. The van der Waals surface area contributed by atoms with E-state index in [9.17, 15) is 9.00 Å². The molecule has 0 bridgehead atoms. The number of nitrogen functional groups attached to an aromatic ring is 1. The summed E-state index contributed by atoms with van der Waals surface area (Å²) in [5, 5.41) is 2.45.